The van der Waals surface area contributed by atoms with Crippen LogP contribution < -0.4 is 0 Å². The number of aliphatic carboxylic acids is 1. The Bertz CT molecular complexity index is 501. The lowest BCUT2D eigenvalue weighted by atomic mass is 10.1. The molecule has 0 atom stereocenters. The maximum Gasteiger partial charge on any atom is 0.323 e. The summed E-state index contributed by atoms with van der Waals surface area (Å²) in [7, 11) is 0. The van der Waals surface area contributed by atoms with Crippen molar-refractivity contribution >= 4 is 18.0 Å². The molecule has 100 valence electrons. The number of carbonyl (C=O) groups is 2. The van der Waals surface area contributed by atoms with Crippen LogP contribution in [0.3, 0.4) is 0 Å². The molecule has 0 aliphatic heterocycles. The molecule has 1 amide bonds. The van der Waals surface area contributed by atoms with Crippen LogP contribution in [0.25, 0.3) is 6.08 Å². The molecule has 0 bridgehead atoms. The lowest BCUT2D eigenvalue weighted by Gasteiger charge is -2.17. The molecule has 19 heavy (non-hydrogen) atoms. The number of amides is 1. The van der Waals surface area contributed by atoms with Crippen LogP contribution in [0.5, 0.6) is 0 Å². The number of carboxylic acids is 1. The first-order chi connectivity index (χ1) is 9.06. The van der Waals surface area contributed by atoms with E-state index in [0.29, 0.717) is 0 Å². The average Bonchev–Trinajstić information content (AvgIpc) is 3.19. The molecule has 1 aromatic rings. The minimum absolute atomic E-state index is 0.103. The lowest BCUT2D eigenvalue weighted by Crippen LogP contribution is -2.36. The van der Waals surface area contributed by atoms with Gasteiger partial charge in [-0.2, -0.15) is 0 Å². The summed E-state index contributed by atoms with van der Waals surface area (Å²) in [5, 5.41) is 8.81. The third kappa shape index (κ3) is 3.95. The molecule has 0 unspecified atom stereocenters. The standard InChI is InChI=1S/C15H17NO3/c1-11-2-4-12(5-3-11)6-9-14(17)16(10-15(18)19)13-7-8-13/h2-6,9,13H,7-8,10H2,1H3,(H,18,19)/b9-6+. The van der Waals surface area contributed by atoms with Crippen molar-refractivity contribution in [2.24, 2.45) is 0 Å². The molecule has 1 aliphatic rings. The van der Waals surface area contributed by atoms with Crippen molar-refractivity contribution < 1.29 is 14.7 Å². The van der Waals surface area contributed by atoms with E-state index in [1.165, 1.54) is 11.0 Å². The van der Waals surface area contributed by atoms with Gasteiger partial charge < -0.3 is 10.0 Å². The summed E-state index contributed by atoms with van der Waals surface area (Å²) in [6.07, 6.45) is 4.97. The number of hydrogen-bond acceptors (Lipinski definition) is 2. The zero-order valence-electron chi connectivity index (χ0n) is 10.9. The van der Waals surface area contributed by atoms with Crippen molar-refractivity contribution in [2.75, 3.05) is 6.54 Å². The molecule has 1 saturated carbocycles. The van der Waals surface area contributed by atoms with E-state index >= 15 is 0 Å². The van der Waals surface area contributed by atoms with Crippen LogP contribution in [0.1, 0.15) is 24.0 Å². The van der Waals surface area contributed by atoms with Crippen LogP contribution in [-0.4, -0.2) is 34.5 Å². The van der Waals surface area contributed by atoms with Gasteiger partial charge in [-0.1, -0.05) is 29.8 Å². The van der Waals surface area contributed by atoms with Gasteiger partial charge in [-0.3, -0.25) is 9.59 Å². The van der Waals surface area contributed by atoms with Gasteiger partial charge in [0.2, 0.25) is 5.91 Å². The highest BCUT2D eigenvalue weighted by Crippen LogP contribution is 2.26. The first-order valence-corrected chi connectivity index (χ1v) is 6.33. The van der Waals surface area contributed by atoms with Crippen LogP contribution in [-0.2, 0) is 9.59 Å². The second-order valence-electron chi connectivity index (χ2n) is 4.84. The van der Waals surface area contributed by atoms with Gasteiger partial charge in [0.25, 0.3) is 0 Å². The normalized spacial score (nSPS) is 14.6. The van der Waals surface area contributed by atoms with E-state index in [-0.39, 0.29) is 18.5 Å². The van der Waals surface area contributed by atoms with Crippen molar-refractivity contribution in [3.63, 3.8) is 0 Å². The summed E-state index contributed by atoms with van der Waals surface area (Å²) in [5.74, 6) is -1.20. The highest BCUT2D eigenvalue weighted by molar-refractivity contribution is 5.94. The summed E-state index contributed by atoms with van der Waals surface area (Å²) < 4.78 is 0. The molecule has 0 saturated heterocycles. The SMILES string of the molecule is Cc1ccc(/C=C/C(=O)N(CC(=O)O)C2CC2)cc1. The molecule has 1 N–H and O–H groups in total. The van der Waals surface area contributed by atoms with Gasteiger partial charge in [-0.05, 0) is 31.4 Å². The largest absolute Gasteiger partial charge is 0.480 e. The molecule has 0 spiro atoms. The molecule has 4 heteroatoms. The first kappa shape index (κ1) is 13.3. The van der Waals surface area contributed by atoms with Crippen molar-refractivity contribution in [2.45, 2.75) is 25.8 Å². The average molecular weight is 259 g/mol. The predicted molar refractivity (Wildman–Crippen MR) is 72.6 cm³/mol. The van der Waals surface area contributed by atoms with E-state index in [1.807, 2.05) is 31.2 Å². The summed E-state index contributed by atoms with van der Waals surface area (Å²) in [6, 6.07) is 7.90. The van der Waals surface area contributed by atoms with Crippen LogP contribution >= 0.6 is 0 Å². The fraction of sp³-hybridized carbons (Fsp3) is 0.333. The van der Waals surface area contributed by atoms with Crippen molar-refractivity contribution in [1.82, 2.24) is 4.90 Å². The number of benzene rings is 1. The Morgan fingerprint density at radius 2 is 1.95 bits per heavy atom. The number of hydrogen-bond donors (Lipinski definition) is 1. The molecular weight excluding hydrogens is 242 g/mol. The minimum Gasteiger partial charge on any atom is -0.480 e. The van der Waals surface area contributed by atoms with Crippen LogP contribution in [0.2, 0.25) is 0 Å². The van der Waals surface area contributed by atoms with E-state index in [4.69, 9.17) is 5.11 Å². The molecule has 0 radical (unpaired) electrons. The minimum atomic E-state index is -0.969. The Balaban J connectivity index is 2.01. The van der Waals surface area contributed by atoms with E-state index in [0.717, 1.165) is 24.0 Å². The van der Waals surface area contributed by atoms with E-state index < -0.39 is 5.97 Å². The first-order valence-electron chi connectivity index (χ1n) is 6.33. The Morgan fingerprint density at radius 3 is 2.47 bits per heavy atom. The molecular formula is C15H17NO3. The molecule has 0 heterocycles. The van der Waals surface area contributed by atoms with Gasteiger partial charge in [-0.15, -0.1) is 0 Å². The molecule has 1 aliphatic carbocycles. The monoisotopic (exact) mass is 259 g/mol. The lowest BCUT2D eigenvalue weighted by molar-refractivity contribution is -0.143. The fourth-order valence-electron chi connectivity index (χ4n) is 1.86. The van der Waals surface area contributed by atoms with Crippen LogP contribution in [0.15, 0.2) is 30.3 Å². The zero-order chi connectivity index (χ0) is 13.8. The molecule has 0 aromatic heterocycles. The quantitative estimate of drug-likeness (QED) is 0.824. The number of carboxylic acid groups (broad SMARTS) is 1. The fourth-order valence-corrected chi connectivity index (χ4v) is 1.86. The summed E-state index contributed by atoms with van der Waals surface area (Å²) in [5.41, 5.74) is 2.10. The third-order valence-electron chi connectivity index (χ3n) is 3.07. The van der Waals surface area contributed by atoms with Crippen LogP contribution in [0.4, 0.5) is 0 Å². The number of carbonyl (C=O) groups excluding carboxylic acids is 1. The summed E-state index contributed by atoms with van der Waals surface area (Å²) in [4.78, 5) is 24.1. The Labute approximate surface area is 112 Å². The Morgan fingerprint density at radius 1 is 1.32 bits per heavy atom. The van der Waals surface area contributed by atoms with Gasteiger partial charge >= 0.3 is 5.97 Å². The number of rotatable bonds is 5. The van der Waals surface area contributed by atoms with Crippen molar-refractivity contribution in [1.29, 1.82) is 0 Å². The Hall–Kier alpha value is -2.10. The van der Waals surface area contributed by atoms with Gasteiger partial charge in [-0.25, -0.2) is 0 Å². The van der Waals surface area contributed by atoms with Gasteiger partial charge in [0.15, 0.2) is 0 Å². The molecule has 2 rings (SSSR count). The molecule has 4 nitrogen and oxygen atoms in total. The highest BCUT2D eigenvalue weighted by atomic mass is 16.4. The van der Waals surface area contributed by atoms with E-state index in [2.05, 4.69) is 0 Å². The summed E-state index contributed by atoms with van der Waals surface area (Å²) >= 11 is 0. The molecule has 1 aromatic carbocycles. The zero-order valence-corrected chi connectivity index (χ0v) is 10.9. The van der Waals surface area contributed by atoms with Crippen molar-refractivity contribution in [3.8, 4) is 0 Å². The third-order valence-corrected chi connectivity index (χ3v) is 3.07. The van der Waals surface area contributed by atoms with E-state index in [9.17, 15) is 9.59 Å². The highest BCUT2D eigenvalue weighted by Gasteiger charge is 2.32. The van der Waals surface area contributed by atoms with Gasteiger partial charge in [0.05, 0.1) is 0 Å². The second-order valence-corrected chi connectivity index (χ2v) is 4.84. The van der Waals surface area contributed by atoms with E-state index in [1.54, 1.807) is 6.08 Å². The summed E-state index contributed by atoms with van der Waals surface area (Å²) in [6.45, 7) is 1.78. The molecule has 1 fully saturated rings. The van der Waals surface area contributed by atoms with Gasteiger partial charge in [0, 0.05) is 12.1 Å². The smallest absolute Gasteiger partial charge is 0.323 e. The van der Waals surface area contributed by atoms with Crippen LogP contribution in [0, 0.1) is 6.92 Å². The number of nitrogens with zero attached hydrogens (tertiary/aromatic N) is 1. The topological polar surface area (TPSA) is 57.6 Å². The Kier molecular flexibility index (Phi) is 4.00. The number of aryl methyl sites for hydroxylation is 1. The predicted octanol–water partition coefficient (Wildman–Crippen LogP) is 2.08. The maximum atomic E-state index is 12.0. The van der Waals surface area contributed by atoms with Gasteiger partial charge in [0.1, 0.15) is 6.54 Å². The van der Waals surface area contributed by atoms with Crippen molar-refractivity contribution in [3.05, 3.63) is 41.5 Å². The second kappa shape index (κ2) is 5.69. The maximum absolute atomic E-state index is 12.0.